The molecule has 206 valence electrons. The number of sulfonamides is 1. The summed E-state index contributed by atoms with van der Waals surface area (Å²) in [6, 6.07) is 18.1. The van der Waals surface area contributed by atoms with Crippen LogP contribution in [0, 0.1) is 13.8 Å². The predicted molar refractivity (Wildman–Crippen MR) is 138 cm³/mol. The molecule has 11 nitrogen and oxygen atoms in total. The van der Waals surface area contributed by atoms with E-state index in [1.807, 2.05) is 48.9 Å². The monoisotopic (exact) mass is 563 g/mol. The molecule has 39 heavy (non-hydrogen) atoms. The van der Waals surface area contributed by atoms with Crippen molar-refractivity contribution in [2.75, 3.05) is 17.7 Å². The minimum absolute atomic E-state index is 0.167. The van der Waals surface area contributed by atoms with Crippen LogP contribution in [-0.2, 0) is 14.8 Å². The molecule has 0 bridgehead atoms. The van der Waals surface area contributed by atoms with Crippen LogP contribution in [0.25, 0.3) is 5.69 Å². The number of halogens is 3. The Labute approximate surface area is 221 Å². The van der Waals surface area contributed by atoms with Gasteiger partial charge in [-0.3, -0.25) is 0 Å². The van der Waals surface area contributed by atoms with Crippen molar-refractivity contribution < 1.29 is 31.5 Å². The van der Waals surface area contributed by atoms with Crippen LogP contribution in [0.1, 0.15) is 11.4 Å². The largest absolute Gasteiger partial charge is 0.490 e. The fourth-order valence-corrected chi connectivity index (χ4v) is 4.00. The molecule has 0 aliphatic rings. The SMILES string of the molecule is CNS(=O)(=O)c1cccc(Nc2cc(Nc3ccc(-n4nc(C)cc4C)cc3)ncn2)c1.O=C(O)C(F)(F)F. The highest BCUT2D eigenvalue weighted by Crippen LogP contribution is 2.22. The molecule has 2 heterocycles. The molecule has 0 fully saturated rings. The summed E-state index contributed by atoms with van der Waals surface area (Å²) in [6.45, 7) is 3.99. The van der Waals surface area contributed by atoms with Crippen molar-refractivity contribution in [2.45, 2.75) is 24.9 Å². The van der Waals surface area contributed by atoms with Gasteiger partial charge in [-0.15, -0.1) is 0 Å². The van der Waals surface area contributed by atoms with E-state index >= 15 is 0 Å². The lowest BCUT2D eigenvalue weighted by Gasteiger charge is -2.11. The first kappa shape index (κ1) is 29.1. The lowest BCUT2D eigenvalue weighted by molar-refractivity contribution is -0.192. The van der Waals surface area contributed by atoms with Crippen LogP contribution in [0.4, 0.5) is 36.2 Å². The number of nitrogens with zero attached hydrogens (tertiary/aromatic N) is 4. The summed E-state index contributed by atoms with van der Waals surface area (Å²) >= 11 is 0. The Morgan fingerprint density at radius 3 is 2.03 bits per heavy atom. The topological polar surface area (TPSA) is 151 Å². The van der Waals surface area contributed by atoms with Gasteiger partial charge in [-0.1, -0.05) is 6.07 Å². The van der Waals surface area contributed by atoms with Crippen LogP contribution in [-0.4, -0.2) is 52.5 Å². The van der Waals surface area contributed by atoms with Gasteiger partial charge in [-0.05, 0) is 69.4 Å². The van der Waals surface area contributed by atoms with Crippen LogP contribution in [0.5, 0.6) is 0 Å². The summed E-state index contributed by atoms with van der Waals surface area (Å²) < 4.78 is 60.0. The highest BCUT2D eigenvalue weighted by Gasteiger charge is 2.38. The van der Waals surface area contributed by atoms with Crippen molar-refractivity contribution in [1.82, 2.24) is 24.5 Å². The van der Waals surface area contributed by atoms with Crippen molar-refractivity contribution in [3.05, 3.63) is 78.4 Å². The molecule has 0 radical (unpaired) electrons. The van der Waals surface area contributed by atoms with E-state index in [9.17, 15) is 21.6 Å². The lowest BCUT2D eigenvalue weighted by atomic mass is 10.2. The maximum atomic E-state index is 12.0. The van der Waals surface area contributed by atoms with E-state index in [-0.39, 0.29) is 4.90 Å². The molecule has 2 aromatic heterocycles. The summed E-state index contributed by atoms with van der Waals surface area (Å²) in [6.07, 6.45) is -3.65. The molecule has 0 atom stereocenters. The fourth-order valence-electron chi connectivity index (χ4n) is 3.22. The second-order valence-electron chi connectivity index (χ2n) is 7.96. The van der Waals surface area contributed by atoms with Crippen LogP contribution in [0.15, 0.2) is 71.9 Å². The summed E-state index contributed by atoms with van der Waals surface area (Å²) in [7, 11) is -2.15. The number of aliphatic carboxylic acids is 1. The van der Waals surface area contributed by atoms with E-state index in [0.717, 1.165) is 22.8 Å². The van der Waals surface area contributed by atoms with Gasteiger partial charge < -0.3 is 15.7 Å². The molecule has 2 aromatic carbocycles. The third kappa shape index (κ3) is 7.99. The van der Waals surface area contributed by atoms with E-state index in [2.05, 4.69) is 30.4 Å². The normalized spacial score (nSPS) is 11.3. The van der Waals surface area contributed by atoms with Crippen LogP contribution >= 0.6 is 0 Å². The van der Waals surface area contributed by atoms with Gasteiger partial charge in [0.25, 0.3) is 0 Å². The Morgan fingerprint density at radius 1 is 0.923 bits per heavy atom. The van der Waals surface area contributed by atoms with Crippen molar-refractivity contribution in [3.8, 4) is 5.69 Å². The van der Waals surface area contributed by atoms with E-state index in [1.54, 1.807) is 24.3 Å². The fraction of sp³-hybridized carbons (Fsp3) is 0.167. The maximum absolute atomic E-state index is 12.0. The number of rotatable bonds is 7. The molecule has 4 N–H and O–H groups in total. The molecule has 4 rings (SSSR count). The average Bonchev–Trinajstić information content (AvgIpc) is 3.22. The smallest absolute Gasteiger partial charge is 0.475 e. The van der Waals surface area contributed by atoms with Crippen LogP contribution in [0.3, 0.4) is 0 Å². The van der Waals surface area contributed by atoms with Crippen molar-refractivity contribution in [2.24, 2.45) is 0 Å². The predicted octanol–water partition coefficient (Wildman–Crippen LogP) is 4.31. The van der Waals surface area contributed by atoms with E-state index < -0.39 is 22.2 Å². The number of carboxylic acids is 1. The molecule has 0 saturated carbocycles. The zero-order valence-corrected chi connectivity index (χ0v) is 21.7. The van der Waals surface area contributed by atoms with Crippen LogP contribution < -0.4 is 15.4 Å². The number of benzene rings is 2. The molecule has 0 unspecified atom stereocenters. The Kier molecular flexibility index (Phi) is 8.88. The van der Waals surface area contributed by atoms with Crippen molar-refractivity contribution in [1.29, 1.82) is 0 Å². The van der Waals surface area contributed by atoms with Crippen molar-refractivity contribution in [3.63, 3.8) is 0 Å². The standard InChI is InChI=1S/C22H23N7O2S.C2HF3O2/c1-15-11-16(2)29(28-15)19-9-7-17(8-10-19)26-21-13-22(25-14-24-21)27-18-5-4-6-20(12-18)32(30,31)23-3;3-2(4,5)1(6)7/h4-14,23H,1-3H3,(H2,24,25,26,27);(H,6,7). The third-order valence-corrected chi connectivity index (χ3v) is 6.40. The van der Waals surface area contributed by atoms with Gasteiger partial charge in [0.2, 0.25) is 10.0 Å². The van der Waals surface area contributed by atoms with Gasteiger partial charge in [-0.25, -0.2) is 32.6 Å². The number of hydrogen-bond acceptors (Lipinski definition) is 8. The minimum Gasteiger partial charge on any atom is -0.475 e. The number of hydrogen-bond donors (Lipinski definition) is 4. The Hall–Kier alpha value is -4.50. The molecule has 15 heteroatoms. The van der Waals surface area contributed by atoms with Gasteiger partial charge in [0.1, 0.15) is 18.0 Å². The summed E-state index contributed by atoms with van der Waals surface area (Å²) in [4.78, 5) is 17.5. The highest BCUT2D eigenvalue weighted by atomic mass is 32.2. The zero-order chi connectivity index (χ0) is 28.8. The first-order valence-electron chi connectivity index (χ1n) is 11.1. The molecule has 0 spiro atoms. The quantitative estimate of drug-likeness (QED) is 0.258. The van der Waals surface area contributed by atoms with Crippen molar-refractivity contribution >= 4 is 39.0 Å². The summed E-state index contributed by atoms with van der Waals surface area (Å²) in [5.41, 5.74) is 4.48. The molecule has 0 amide bonds. The minimum atomic E-state index is -5.08. The second kappa shape index (κ2) is 11.9. The molecule has 0 aliphatic carbocycles. The molecule has 0 saturated heterocycles. The van der Waals surface area contributed by atoms with Gasteiger partial charge in [0.05, 0.1) is 16.3 Å². The Morgan fingerprint density at radius 2 is 1.51 bits per heavy atom. The van der Waals surface area contributed by atoms with Gasteiger partial charge >= 0.3 is 12.1 Å². The maximum Gasteiger partial charge on any atom is 0.490 e. The average molecular weight is 564 g/mol. The highest BCUT2D eigenvalue weighted by molar-refractivity contribution is 7.89. The van der Waals surface area contributed by atoms with Gasteiger partial charge in [0.15, 0.2) is 0 Å². The molecule has 0 aliphatic heterocycles. The van der Waals surface area contributed by atoms with E-state index in [0.29, 0.717) is 17.3 Å². The molecular weight excluding hydrogens is 539 g/mol. The van der Waals surface area contributed by atoms with Gasteiger partial charge in [-0.2, -0.15) is 18.3 Å². The van der Waals surface area contributed by atoms with Gasteiger partial charge in [0, 0.05) is 23.1 Å². The first-order valence-corrected chi connectivity index (χ1v) is 12.6. The zero-order valence-electron chi connectivity index (χ0n) is 20.9. The Bertz CT molecular complexity index is 1560. The molecule has 4 aromatic rings. The third-order valence-electron chi connectivity index (χ3n) is 4.99. The lowest BCUT2D eigenvalue weighted by Crippen LogP contribution is -2.21. The van der Waals surface area contributed by atoms with E-state index in [4.69, 9.17) is 9.90 Å². The number of aromatic nitrogens is 4. The number of nitrogens with one attached hydrogen (secondary N) is 3. The van der Waals surface area contributed by atoms with E-state index in [1.165, 1.54) is 19.4 Å². The number of alkyl halides is 3. The van der Waals surface area contributed by atoms with Crippen LogP contribution in [0.2, 0.25) is 0 Å². The number of carboxylic acid groups (broad SMARTS) is 1. The number of aryl methyl sites for hydroxylation is 2. The number of carbonyl (C=O) groups is 1. The number of anilines is 4. The summed E-state index contributed by atoms with van der Waals surface area (Å²) in [5.74, 6) is -1.63. The molecular formula is C24H24F3N7O4S. The first-order chi connectivity index (χ1) is 18.3. The summed E-state index contributed by atoms with van der Waals surface area (Å²) in [5, 5.41) is 18.0. The second-order valence-corrected chi connectivity index (χ2v) is 9.85. The Balaban J connectivity index is 0.000000532.